The number of carboxylic acid groups (broad SMARTS) is 1. The van der Waals surface area contributed by atoms with E-state index in [4.69, 9.17) is 5.11 Å². The first-order chi connectivity index (χ1) is 10.1. The molecule has 21 heavy (non-hydrogen) atoms. The van der Waals surface area contributed by atoms with Gasteiger partial charge < -0.3 is 10.4 Å². The number of hydrogen-bond donors (Lipinski definition) is 3. The van der Waals surface area contributed by atoms with Gasteiger partial charge in [-0.15, -0.1) is 10.2 Å². The van der Waals surface area contributed by atoms with E-state index in [0.717, 1.165) is 12.8 Å². The van der Waals surface area contributed by atoms with Crippen LogP contribution in [0.15, 0.2) is 6.20 Å². The summed E-state index contributed by atoms with van der Waals surface area (Å²) in [5.41, 5.74) is 0.453. The first-order valence-corrected chi connectivity index (χ1v) is 6.38. The summed E-state index contributed by atoms with van der Waals surface area (Å²) >= 11 is 0. The highest BCUT2D eigenvalue weighted by molar-refractivity contribution is 5.90. The second-order valence-electron chi connectivity index (χ2n) is 4.34. The number of nitrogens with zero attached hydrogens (tertiary/aromatic N) is 5. The fraction of sp³-hybridized carbons (Fsp3) is 0.455. The summed E-state index contributed by atoms with van der Waals surface area (Å²) in [6.07, 6.45) is 3.08. The summed E-state index contributed by atoms with van der Waals surface area (Å²) in [7, 11) is 0. The number of amides is 1. The van der Waals surface area contributed by atoms with Crippen molar-refractivity contribution >= 4 is 11.9 Å². The first kappa shape index (κ1) is 14.6. The lowest BCUT2D eigenvalue weighted by atomic mass is 10.3. The highest BCUT2D eigenvalue weighted by atomic mass is 16.4. The van der Waals surface area contributed by atoms with E-state index in [-0.39, 0.29) is 18.9 Å². The second-order valence-corrected chi connectivity index (χ2v) is 4.34. The zero-order chi connectivity index (χ0) is 15.2. The third-order valence-electron chi connectivity index (χ3n) is 2.54. The van der Waals surface area contributed by atoms with Crippen molar-refractivity contribution < 1.29 is 14.7 Å². The zero-order valence-electron chi connectivity index (χ0n) is 11.4. The number of aromatic amines is 1. The van der Waals surface area contributed by atoms with Gasteiger partial charge in [0, 0.05) is 6.42 Å². The Balaban J connectivity index is 1.88. The molecule has 0 saturated heterocycles. The van der Waals surface area contributed by atoms with Crippen LogP contribution in [0.2, 0.25) is 0 Å². The van der Waals surface area contributed by atoms with Gasteiger partial charge in [-0.3, -0.25) is 14.7 Å². The number of H-pyrrole nitrogens is 1. The Bertz CT molecular complexity index is 633. The van der Waals surface area contributed by atoms with Crippen LogP contribution in [-0.2, 0) is 24.3 Å². The van der Waals surface area contributed by atoms with E-state index >= 15 is 0 Å². The quantitative estimate of drug-likeness (QED) is 0.617. The average Bonchev–Trinajstić information content (AvgIpc) is 3.05. The molecule has 112 valence electrons. The zero-order valence-corrected chi connectivity index (χ0v) is 11.4. The van der Waals surface area contributed by atoms with Crippen LogP contribution in [-0.4, -0.2) is 47.2 Å². The maximum absolute atomic E-state index is 11.8. The molecular formula is C11H15N7O3. The number of carboxylic acids is 1. The second kappa shape index (κ2) is 6.59. The smallest absolute Gasteiger partial charge is 0.325 e. The summed E-state index contributed by atoms with van der Waals surface area (Å²) in [6.45, 7) is 1.85. The molecule has 0 bridgehead atoms. The van der Waals surface area contributed by atoms with E-state index in [1.54, 1.807) is 0 Å². The third kappa shape index (κ3) is 4.09. The van der Waals surface area contributed by atoms with Crippen molar-refractivity contribution in [2.24, 2.45) is 0 Å². The summed E-state index contributed by atoms with van der Waals surface area (Å²) in [6, 6.07) is 0. The lowest BCUT2D eigenvalue weighted by Crippen LogP contribution is -2.24. The lowest BCUT2D eigenvalue weighted by Gasteiger charge is -1.98. The SMILES string of the molecule is CCCc1nc(C(=O)NCc2cn(CC(=O)O)nn2)n[nH]1. The molecule has 1 amide bonds. The first-order valence-electron chi connectivity index (χ1n) is 6.38. The molecule has 0 spiro atoms. The van der Waals surface area contributed by atoms with E-state index in [9.17, 15) is 9.59 Å². The Kier molecular flexibility index (Phi) is 4.59. The number of rotatable bonds is 7. The van der Waals surface area contributed by atoms with E-state index < -0.39 is 11.9 Å². The molecule has 10 heteroatoms. The fourth-order valence-electron chi connectivity index (χ4n) is 1.63. The van der Waals surface area contributed by atoms with Crippen LogP contribution in [0.1, 0.15) is 35.5 Å². The third-order valence-corrected chi connectivity index (χ3v) is 2.54. The minimum absolute atomic E-state index is 0.0661. The van der Waals surface area contributed by atoms with Gasteiger partial charge in [0.1, 0.15) is 18.1 Å². The molecule has 0 unspecified atom stereocenters. The number of aromatic nitrogens is 6. The van der Waals surface area contributed by atoms with Crippen LogP contribution in [0.4, 0.5) is 0 Å². The number of nitrogens with one attached hydrogen (secondary N) is 2. The maximum atomic E-state index is 11.8. The molecular weight excluding hydrogens is 278 g/mol. The molecule has 0 aliphatic heterocycles. The molecule has 3 N–H and O–H groups in total. The molecule has 10 nitrogen and oxygen atoms in total. The lowest BCUT2D eigenvalue weighted by molar-refractivity contribution is -0.137. The minimum atomic E-state index is -1.01. The highest BCUT2D eigenvalue weighted by Crippen LogP contribution is 1.98. The molecule has 2 aromatic rings. The van der Waals surface area contributed by atoms with Gasteiger partial charge in [0.25, 0.3) is 5.91 Å². The molecule has 0 aliphatic rings. The predicted molar refractivity (Wildman–Crippen MR) is 69.2 cm³/mol. The summed E-state index contributed by atoms with van der Waals surface area (Å²) in [5, 5.41) is 25.1. The Morgan fingerprint density at radius 2 is 2.29 bits per heavy atom. The largest absolute Gasteiger partial charge is 0.480 e. The summed E-state index contributed by atoms with van der Waals surface area (Å²) in [5.74, 6) is -0.715. The number of carbonyl (C=O) groups is 2. The van der Waals surface area contributed by atoms with E-state index in [0.29, 0.717) is 11.5 Å². The van der Waals surface area contributed by atoms with Crippen molar-refractivity contribution in [3.05, 3.63) is 23.5 Å². The molecule has 2 rings (SSSR count). The topological polar surface area (TPSA) is 139 Å². The van der Waals surface area contributed by atoms with Crippen molar-refractivity contribution in [2.45, 2.75) is 32.9 Å². The Labute approximate surface area is 119 Å². The molecule has 0 saturated carbocycles. The van der Waals surface area contributed by atoms with Gasteiger partial charge in [-0.25, -0.2) is 9.67 Å². The highest BCUT2D eigenvalue weighted by Gasteiger charge is 2.12. The van der Waals surface area contributed by atoms with Crippen LogP contribution in [0, 0.1) is 0 Å². The standard InChI is InChI=1S/C11H15N7O3/c1-2-3-8-13-10(16-15-8)11(21)12-4-7-5-18(17-14-7)6-9(19)20/h5H,2-4,6H2,1H3,(H,12,21)(H,19,20)(H,13,15,16). The van der Waals surface area contributed by atoms with Crippen LogP contribution in [0.5, 0.6) is 0 Å². The van der Waals surface area contributed by atoms with E-state index in [1.165, 1.54) is 10.9 Å². The van der Waals surface area contributed by atoms with Crippen molar-refractivity contribution in [3.8, 4) is 0 Å². The van der Waals surface area contributed by atoms with Crippen molar-refractivity contribution in [1.82, 2.24) is 35.5 Å². The van der Waals surface area contributed by atoms with Crippen molar-refractivity contribution in [2.75, 3.05) is 0 Å². The van der Waals surface area contributed by atoms with Gasteiger partial charge in [0.2, 0.25) is 5.82 Å². The number of hydrogen-bond acceptors (Lipinski definition) is 6. The van der Waals surface area contributed by atoms with Gasteiger partial charge in [-0.2, -0.15) is 0 Å². The molecule has 2 heterocycles. The van der Waals surface area contributed by atoms with Gasteiger partial charge in [-0.05, 0) is 6.42 Å². The molecule has 0 radical (unpaired) electrons. The maximum Gasteiger partial charge on any atom is 0.325 e. The van der Waals surface area contributed by atoms with Gasteiger partial charge in [0.05, 0.1) is 12.7 Å². The molecule has 0 fully saturated rings. The van der Waals surface area contributed by atoms with Gasteiger partial charge in [-0.1, -0.05) is 12.1 Å². The molecule has 2 aromatic heterocycles. The van der Waals surface area contributed by atoms with E-state index in [2.05, 4.69) is 30.8 Å². The van der Waals surface area contributed by atoms with Crippen LogP contribution in [0.25, 0.3) is 0 Å². The monoisotopic (exact) mass is 293 g/mol. The minimum Gasteiger partial charge on any atom is -0.480 e. The Morgan fingerprint density at radius 1 is 1.48 bits per heavy atom. The number of aryl methyl sites for hydroxylation is 1. The van der Waals surface area contributed by atoms with Crippen LogP contribution < -0.4 is 5.32 Å². The number of carbonyl (C=O) groups excluding carboxylic acids is 1. The average molecular weight is 293 g/mol. The summed E-state index contributed by atoms with van der Waals surface area (Å²) < 4.78 is 1.18. The van der Waals surface area contributed by atoms with E-state index in [1.807, 2.05) is 6.92 Å². The Hall–Kier alpha value is -2.78. The molecule has 0 atom stereocenters. The molecule has 0 aliphatic carbocycles. The number of aliphatic carboxylic acids is 1. The van der Waals surface area contributed by atoms with Crippen molar-refractivity contribution in [1.29, 1.82) is 0 Å². The van der Waals surface area contributed by atoms with Gasteiger partial charge in [0.15, 0.2) is 0 Å². The predicted octanol–water partition coefficient (Wildman–Crippen LogP) is -0.637. The van der Waals surface area contributed by atoms with Gasteiger partial charge >= 0.3 is 5.97 Å². The molecule has 0 aromatic carbocycles. The van der Waals surface area contributed by atoms with Crippen molar-refractivity contribution in [3.63, 3.8) is 0 Å². The van der Waals surface area contributed by atoms with Crippen LogP contribution >= 0.6 is 0 Å². The summed E-state index contributed by atoms with van der Waals surface area (Å²) in [4.78, 5) is 26.4. The Morgan fingerprint density at radius 3 is 3.00 bits per heavy atom. The fourth-order valence-corrected chi connectivity index (χ4v) is 1.63. The normalized spacial score (nSPS) is 10.5. The van der Waals surface area contributed by atoms with Crippen LogP contribution in [0.3, 0.4) is 0 Å².